The van der Waals surface area contributed by atoms with Gasteiger partial charge in [-0.1, -0.05) is 12.1 Å². The second kappa shape index (κ2) is 7.70. The highest BCUT2D eigenvalue weighted by molar-refractivity contribution is 7.14. The van der Waals surface area contributed by atoms with E-state index in [0.717, 1.165) is 0 Å². The zero-order valence-electron chi connectivity index (χ0n) is 13.2. The molecule has 1 aromatic heterocycles. The first-order valence-corrected chi connectivity index (χ1v) is 8.28. The molecule has 1 amide bonds. The summed E-state index contributed by atoms with van der Waals surface area (Å²) in [5.41, 5.74) is 1.07. The van der Waals surface area contributed by atoms with Crippen molar-refractivity contribution in [2.45, 2.75) is 0 Å². The van der Waals surface area contributed by atoms with Crippen molar-refractivity contribution in [2.24, 2.45) is 0 Å². The molecular weight excluding hydrogens is 361 g/mol. The number of benzene rings is 2. The number of anilines is 1. The van der Waals surface area contributed by atoms with Crippen molar-refractivity contribution in [1.82, 2.24) is 4.98 Å². The minimum atomic E-state index is -0.481. The number of amides is 1. The highest BCUT2D eigenvalue weighted by atomic mass is 32.1. The molecule has 0 unspecified atom stereocenters. The number of carbonyl (C=O) groups is 1. The smallest absolute Gasteiger partial charge is 0.270 e. The summed E-state index contributed by atoms with van der Waals surface area (Å²) in [6.45, 7) is -0.253. The highest BCUT2D eigenvalue weighted by Gasteiger charge is 2.12. The van der Waals surface area contributed by atoms with E-state index in [0.29, 0.717) is 22.1 Å². The molecule has 0 spiro atoms. The van der Waals surface area contributed by atoms with E-state index in [9.17, 15) is 19.3 Å². The van der Waals surface area contributed by atoms with Crippen LogP contribution < -0.4 is 10.1 Å². The summed E-state index contributed by atoms with van der Waals surface area (Å²) in [4.78, 5) is 26.5. The van der Waals surface area contributed by atoms with E-state index in [-0.39, 0.29) is 12.3 Å². The molecule has 0 bridgehead atoms. The van der Waals surface area contributed by atoms with Gasteiger partial charge in [-0.15, -0.1) is 11.3 Å². The Labute approximate surface area is 151 Å². The van der Waals surface area contributed by atoms with Gasteiger partial charge < -0.3 is 4.74 Å². The molecule has 0 aliphatic heterocycles. The summed E-state index contributed by atoms with van der Waals surface area (Å²) in [5.74, 6) is -0.439. The van der Waals surface area contributed by atoms with Crippen molar-refractivity contribution in [1.29, 1.82) is 0 Å². The zero-order chi connectivity index (χ0) is 18.5. The molecule has 0 saturated heterocycles. The average Bonchev–Trinajstić information content (AvgIpc) is 3.10. The van der Waals surface area contributed by atoms with E-state index in [4.69, 9.17) is 4.74 Å². The molecule has 0 aliphatic rings. The number of aromatic nitrogens is 1. The Bertz CT molecular complexity index is 943. The number of nitrogens with one attached hydrogen (secondary N) is 1. The van der Waals surface area contributed by atoms with Gasteiger partial charge in [-0.2, -0.15) is 0 Å². The quantitative estimate of drug-likeness (QED) is 0.523. The maximum absolute atomic E-state index is 12.8. The lowest BCUT2D eigenvalue weighted by Gasteiger charge is -2.05. The SMILES string of the molecule is O=C(COc1ccc(F)cc1)Nc1nc(-c2cccc([N+](=O)[O-])c2)cs1. The minimum Gasteiger partial charge on any atom is -0.484 e. The van der Waals surface area contributed by atoms with Crippen molar-refractivity contribution < 1.29 is 18.8 Å². The molecular formula is C17H12FN3O4S. The summed E-state index contributed by atoms with van der Waals surface area (Å²) < 4.78 is 18.1. The molecule has 0 fully saturated rings. The number of nitro groups is 1. The van der Waals surface area contributed by atoms with E-state index in [1.807, 2.05) is 0 Å². The third-order valence-electron chi connectivity index (χ3n) is 3.29. The van der Waals surface area contributed by atoms with Gasteiger partial charge in [0.25, 0.3) is 11.6 Å². The van der Waals surface area contributed by atoms with Gasteiger partial charge in [0, 0.05) is 23.1 Å². The molecule has 1 N–H and O–H groups in total. The molecule has 0 atom stereocenters. The Morgan fingerprint density at radius 3 is 2.77 bits per heavy atom. The van der Waals surface area contributed by atoms with Crippen LogP contribution in [0.5, 0.6) is 5.75 Å². The molecule has 132 valence electrons. The number of rotatable bonds is 6. The van der Waals surface area contributed by atoms with Gasteiger partial charge >= 0.3 is 0 Å². The normalized spacial score (nSPS) is 10.3. The standard InChI is InChI=1S/C17H12FN3O4S/c18-12-4-6-14(7-5-12)25-9-16(22)20-17-19-15(10-26-17)11-2-1-3-13(8-11)21(23)24/h1-8,10H,9H2,(H,19,20,22). The van der Waals surface area contributed by atoms with Crippen LogP contribution in [0.15, 0.2) is 53.9 Å². The molecule has 26 heavy (non-hydrogen) atoms. The predicted molar refractivity (Wildman–Crippen MR) is 94.7 cm³/mol. The fourth-order valence-corrected chi connectivity index (χ4v) is 2.81. The van der Waals surface area contributed by atoms with Crippen LogP contribution in [-0.2, 0) is 4.79 Å². The van der Waals surface area contributed by atoms with Gasteiger partial charge in [-0.3, -0.25) is 20.2 Å². The van der Waals surface area contributed by atoms with Gasteiger partial charge in [-0.25, -0.2) is 9.37 Å². The number of thiazole rings is 1. The molecule has 9 heteroatoms. The third-order valence-corrected chi connectivity index (χ3v) is 4.04. The summed E-state index contributed by atoms with van der Waals surface area (Å²) in [7, 11) is 0. The lowest BCUT2D eigenvalue weighted by Crippen LogP contribution is -2.20. The summed E-state index contributed by atoms with van der Waals surface area (Å²) in [5, 5.41) is 15.5. The van der Waals surface area contributed by atoms with E-state index in [2.05, 4.69) is 10.3 Å². The van der Waals surface area contributed by atoms with Crippen molar-refractivity contribution in [3.05, 3.63) is 69.8 Å². The molecule has 1 heterocycles. The largest absolute Gasteiger partial charge is 0.484 e. The summed E-state index contributed by atoms with van der Waals surface area (Å²) in [6, 6.07) is 11.4. The topological polar surface area (TPSA) is 94.4 Å². The zero-order valence-corrected chi connectivity index (χ0v) is 14.0. The Hall–Kier alpha value is -3.33. The number of nitro benzene ring substituents is 1. The van der Waals surface area contributed by atoms with Crippen LogP contribution in [-0.4, -0.2) is 22.4 Å². The lowest BCUT2D eigenvalue weighted by molar-refractivity contribution is -0.384. The van der Waals surface area contributed by atoms with Crippen LogP contribution in [0.4, 0.5) is 15.2 Å². The fraction of sp³-hybridized carbons (Fsp3) is 0.0588. The fourth-order valence-electron chi connectivity index (χ4n) is 2.08. The monoisotopic (exact) mass is 373 g/mol. The Balaban J connectivity index is 1.61. The van der Waals surface area contributed by atoms with Gasteiger partial charge in [0.1, 0.15) is 11.6 Å². The van der Waals surface area contributed by atoms with Gasteiger partial charge in [0.2, 0.25) is 0 Å². The molecule has 7 nitrogen and oxygen atoms in total. The lowest BCUT2D eigenvalue weighted by atomic mass is 10.1. The van der Waals surface area contributed by atoms with Gasteiger partial charge in [-0.05, 0) is 24.3 Å². The minimum absolute atomic E-state index is 0.0335. The number of hydrogen-bond acceptors (Lipinski definition) is 6. The van der Waals surface area contributed by atoms with Crippen LogP contribution in [0.3, 0.4) is 0 Å². The van der Waals surface area contributed by atoms with Crippen LogP contribution in [0.25, 0.3) is 11.3 Å². The van der Waals surface area contributed by atoms with Crippen molar-refractivity contribution in [3.8, 4) is 17.0 Å². The van der Waals surface area contributed by atoms with Crippen LogP contribution in [0.2, 0.25) is 0 Å². The van der Waals surface area contributed by atoms with E-state index >= 15 is 0 Å². The first-order chi connectivity index (χ1) is 12.5. The number of nitrogens with zero attached hydrogens (tertiary/aromatic N) is 2. The van der Waals surface area contributed by atoms with Crippen LogP contribution >= 0.6 is 11.3 Å². The Morgan fingerprint density at radius 1 is 1.27 bits per heavy atom. The first-order valence-electron chi connectivity index (χ1n) is 7.40. The number of non-ortho nitro benzene ring substituents is 1. The number of hydrogen-bond donors (Lipinski definition) is 1. The second-order valence-electron chi connectivity index (χ2n) is 5.14. The Kier molecular flexibility index (Phi) is 5.18. The highest BCUT2D eigenvalue weighted by Crippen LogP contribution is 2.27. The second-order valence-corrected chi connectivity index (χ2v) is 5.99. The van der Waals surface area contributed by atoms with E-state index in [1.165, 1.54) is 47.7 Å². The first kappa shape index (κ1) is 17.5. The average molecular weight is 373 g/mol. The van der Waals surface area contributed by atoms with Crippen molar-refractivity contribution in [3.63, 3.8) is 0 Å². The summed E-state index contributed by atoms with van der Waals surface area (Å²) in [6.07, 6.45) is 0. The van der Waals surface area contributed by atoms with Crippen molar-refractivity contribution >= 4 is 28.1 Å². The van der Waals surface area contributed by atoms with Gasteiger partial charge in [0.15, 0.2) is 11.7 Å². The van der Waals surface area contributed by atoms with Crippen LogP contribution in [0, 0.1) is 15.9 Å². The third kappa shape index (κ3) is 4.39. The Morgan fingerprint density at radius 2 is 2.04 bits per heavy atom. The van der Waals surface area contributed by atoms with E-state index < -0.39 is 16.6 Å². The molecule has 0 aliphatic carbocycles. The number of ether oxygens (including phenoxy) is 1. The number of carbonyl (C=O) groups excluding carboxylic acids is 1. The molecule has 2 aromatic carbocycles. The molecule has 3 rings (SSSR count). The maximum Gasteiger partial charge on any atom is 0.270 e. The van der Waals surface area contributed by atoms with Crippen molar-refractivity contribution in [2.75, 3.05) is 11.9 Å². The molecule has 0 radical (unpaired) electrons. The van der Waals surface area contributed by atoms with Gasteiger partial charge in [0.05, 0.1) is 10.6 Å². The summed E-state index contributed by atoms with van der Waals surface area (Å²) >= 11 is 1.19. The van der Waals surface area contributed by atoms with E-state index in [1.54, 1.807) is 17.5 Å². The van der Waals surface area contributed by atoms with Crippen LogP contribution in [0.1, 0.15) is 0 Å². The predicted octanol–water partition coefficient (Wildman–Crippen LogP) is 3.87. The number of halogens is 1. The molecule has 0 saturated carbocycles. The molecule has 3 aromatic rings. The maximum atomic E-state index is 12.8.